The highest BCUT2D eigenvalue weighted by Crippen LogP contribution is 2.41. The van der Waals surface area contributed by atoms with E-state index in [0.29, 0.717) is 46.2 Å². The molecule has 10 nitrogen and oxygen atoms in total. The first-order chi connectivity index (χ1) is 26.1. The van der Waals surface area contributed by atoms with Crippen molar-refractivity contribution in [2.45, 2.75) is 37.0 Å². The molecule has 0 fully saturated rings. The second kappa shape index (κ2) is 17.2. The number of amides is 4. The molecule has 0 bridgehead atoms. The number of hydrogen-bond donors (Lipinski definition) is 3. The number of thioether (sulfide) groups is 1. The minimum atomic E-state index is -0.752. The van der Waals surface area contributed by atoms with Crippen LogP contribution in [0.4, 0.5) is 10.7 Å². The summed E-state index contributed by atoms with van der Waals surface area (Å²) in [6.45, 7) is 4.29. The zero-order chi connectivity index (χ0) is 38.2. The standard InChI is InChI=1S/C42H38N4O6S2/c1-26-17-19-28(20-18-26)23-34(44-38(48)30-13-8-5-9-14-30)39(49)43-31-15-10-16-32(24-31)53-37(29-11-6-4-7-12-29)40(50)45-41-36(42(51)52-3)33-21-22-46(27(2)47)25-35(33)54-41/h4-20,23-24,37H,21-22,25H2,1-3H3,(H,43,49)(H,44,48)(H,45,50)/b34-23-. The van der Waals surface area contributed by atoms with E-state index in [0.717, 1.165) is 27.1 Å². The number of anilines is 2. The fraction of sp³-hybridized carbons (Fsp3) is 0.167. The molecule has 4 amide bonds. The Morgan fingerprint density at radius 3 is 2.26 bits per heavy atom. The van der Waals surface area contributed by atoms with E-state index in [-0.39, 0.29) is 17.5 Å². The minimum Gasteiger partial charge on any atom is -0.465 e. The van der Waals surface area contributed by atoms with Crippen molar-refractivity contribution in [3.8, 4) is 0 Å². The molecular formula is C42H38N4O6S2. The van der Waals surface area contributed by atoms with Crippen LogP contribution < -0.4 is 16.0 Å². The SMILES string of the molecule is COC(=O)c1c(NC(=O)C(Sc2cccc(NC(=O)/C(=C/c3ccc(C)cc3)NC(=O)c3ccccc3)c2)c2ccccc2)sc2c1CCN(C(C)=O)C2. The molecule has 4 aromatic carbocycles. The molecule has 6 rings (SSSR count). The number of thiophene rings is 1. The third-order valence-corrected chi connectivity index (χ3v) is 11.1. The predicted octanol–water partition coefficient (Wildman–Crippen LogP) is 7.63. The molecule has 2 heterocycles. The number of esters is 1. The lowest BCUT2D eigenvalue weighted by molar-refractivity contribution is -0.129. The number of benzene rings is 4. The van der Waals surface area contributed by atoms with Gasteiger partial charge in [-0.1, -0.05) is 84.4 Å². The van der Waals surface area contributed by atoms with Crippen LogP contribution in [0.15, 0.2) is 120 Å². The van der Waals surface area contributed by atoms with Crippen molar-refractivity contribution < 1.29 is 28.7 Å². The Bertz CT molecular complexity index is 2220. The number of aryl methyl sites for hydroxylation is 1. The van der Waals surface area contributed by atoms with Gasteiger partial charge in [0.15, 0.2) is 0 Å². The minimum absolute atomic E-state index is 0.0544. The van der Waals surface area contributed by atoms with Gasteiger partial charge in [0.2, 0.25) is 11.8 Å². The first-order valence-electron chi connectivity index (χ1n) is 17.2. The molecule has 12 heteroatoms. The lowest BCUT2D eigenvalue weighted by atomic mass is 10.0. The number of carbonyl (C=O) groups excluding carboxylic acids is 5. The van der Waals surface area contributed by atoms with E-state index in [1.54, 1.807) is 53.4 Å². The monoisotopic (exact) mass is 758 g/mol. The Labute approximate surface area is 321 Å². The average Bonchev–Trinajstić information content (AvgIpc) is 3.54. The van der Waals surface area contributed by atoms with Crippen LogP contribution >= 0.6 is 23.1 Å². The van der Waals surface area contributed by atoms with E-state index in [1.165, 1.54) is 37.1 Å². The lowest BCUT2D eigenvalue weighted by Crippen LogP contribution is -2.33. The molecule has 54 heavy (non-hydrogen) atoms. The molecule has 274 valence electrons. The summed E-state index contributed by atoms with van der Waals surface area (Å²) < 4.78 is 5.11. The number of carbonyl (C=O) groups is 5. The van der Waals surface area contributed by atoms with Gasteiger partial charge < -0.3 is 25.6 Å². The molecule has 0 saturated carbocycles. The number of nitrogens with zero attached hydrogens (tertiary/aromatic N) is 1. The van der Waals surface area contributed by atoms with Gasteiger partial charge in [0.25, 0.3) is 11.8 Å². The van der Waals surface area contributed by atoms with Gasteiger partial charge in [0.1, 0.15) is 15.9 Å². The highest BCUT2D eigenvalue weighted by atomic mass is 32.2. The molecule has 1 atom stereocenters. The van der Waals surface area contributed by atoms with E-state index in [1.807, 2.05) is 73.7 Å². The molecule has 1 unspecified atom stereocenters. The zero-order valence-corrected chi connectivity index (χ0v) is 31.5. The smallest absolute Gasteiger partial charge is 0.341 e. The van der Waals surface area contributed by atoms with Gasteiger partial charge in [-0.25, -0.2) is 4.79 Å². The quantitative estimate of drug-likeness (QED) is 0.0717. The van der Waals surface area contributed by atoms with Crippen LogP contribution in [-0.2, 0) is 32.1 Å². The third kappa shape index (κ3) is 9.14. The fourth-order valence-corrected chi connectivity index (χ4v) is 8.25. The zero-order valence-electron chi connectivity index (χ0n) is 29.9. The Morgan fingerprint density at radius 2 is 1.57 bits per heavy atom. The van der Waals surface area contributed by atoms with E-state index in [9.17, 15) is 24.0 Å². The van der Waals surface area contributed by atoms with Gasteiger partial charge in [-0.2, -0.15) is 0 Å². The summed E-state index contributed by atoms with van der Waals surface area (Å²) in [5.41, 5.74) is 4.52. The Morgan fingerprint density at radius 1 is 0.870 bits per heavy atom. The van der Waals surface area contributed by atoms with Crippen molar-refractivity contribution in [3.63, 3.8) is 0 Å². The third-order valence-electron chi connectivity index (χ3n) is 8.73. The van der Waals surface area contributed by atoms with Crippen molar-refractivity contribution in [1.29, 1.82) is 0 Å². The van der Waals surface area contributed by atoms with Crippen molar-refractivity contribution in [3.05, 3.63) is 153 Å². The second-order valence-corrected chi connectivity index (χ2v) is 14.8. The van der Waals surface area contributed by atoms with E-state index < -0.39 is 23.0 Å². The van der Waals surface area contributed by atoms with E-state index in [4.69, 9.17) is 4.74 Å². The van der Waals surface area contributed by atoms with E-state index in [2.05, 4.69) is 16.0 Å². The summed E-state index contributed by atoms with van der Waals surface area (Å²) in [5, 5.41) is 8.29. The maximum Gasteiger partial charge on any atom is 0.341 e. The summed E-state index contributed by atoms with van der Waals surface area (Å²) in [6, 6.07) is 32.6. The molecule has 3 N–H and O–H groups in total. The van der Waals surface area contributed by atoms with Gasteiger partial charge in [0.05, 0.1) is 19.2 Å². The van der Waals surface area contributed by atoms with Gasteiger partial charge in [0, 0.05) is 34.5 Å². The second-order valence-electron chi connectivity index (χ2n) is 12.6. The van der Waals surface area contributed by atoms with Gasteiger partial charge in [-0.3, -0.25) is 19.2 Å². The molecule has 1 aromatic heterocycles. The summed E-state index contributed by atoms with van der Waals surface area (Å²) >= 11 is 2.55. The Kier molecular flexibility index (Phi) is 12.1. The summed E-state index contributed by atoms with van der Waals surface area (Å²) in [5.74, 6) is -1.93. The number of fused-ring (bicyclic) bond motifs is 1. The summed E-state index contributed by atoms with van der Waals surface area (Å²) in [7, 11) is 1.30. The molecular weight excluding hydrogens is 721 g/mol. The molecule has 1 aliphatic heterocycles. The summed E-state index contributed by atoms with van der Waals surface area (Å²) in [4.78, 5) is 69.4. The fourth-order valence-electron chi connectivity index (χ4n) is 5.91. The van der Waals surface area contributed by atoms with Crippen molar-refractivity contribution in [2.24, 2.45) is 0 Å². The summed E-state index contributed by atoms with van der Waals surface area (Å²) in [6.07, 6.45) is 2.09. The van der Waals surface area contributed by atoms with Gasteiger partial charge in [-0.15, -0.1) is 23.1 Å². The van der Waals surface area contributed by atoms with Crippen molar-refractivity contribution in [1.82, 2.24) is 10.2 Å². The Hall–Kier alpha value is -5.98. The number of rotatable bonds is 11. The van der Waals surface area contributed by atoms with Gasteiger partial charge in [-0.05, 0) is 66.4 Å². The normalized spacial score (nSPS) is 12.9. The van der Waals surface area contributed by atoms with Crippen LogP contribution in [0.25, 0.3) is 6.08 Å². The number of methoxy groups -OCH3 is 1. The van der Waals surface area contributed by atoms with Crippen LogP contribution in [0.5, 0.6) is 0 Å². The maximum atomic E-state index is 14.2. The van der Waals surface area contributed by atoms with Crippen LogP contribution in [0.3, 0.4) is 0 Å². The highest BCUT2D eigenvalue weighted by Gasteiger charge is 2.32. The first kappa shape index (κ1) is 37.8. The number of hydrogen-bond acceptors (Lipinski definition) is 8. The molecule has 0 saturated heterocycles. The number of nitrogens with one attached hydrogen (secondary N) is 3. The molecule has 0 radical (unpaired) electrons. The molecule has 5 aromatic rings. The van der Waals surface area contributed by atoms with Crippen LogP contribution in [0, 0.1) is 6.92 Å². The largest absolute Gasteiger partial charge is 0.465 e. The lowest BCUT2D eigenvalue weighted by Gasteiger charge is -2.25. The molecule has 0 aliphatic carbocycles. The van der Waals surface area contributed by atoms with Crippen LogP contribution in [0.1, 0.15) is 60.0 Å². The first-order valence-corrected chi connectivity index (χ1v) is 18.9. The highest BCUT2D eigenvalue weighted by molar-refractivity contribution is 8.00. The number of ether oxygens (including phenoxy) is 1. The average molecular weight is 759 g/mol. The van der Waals surface area contributed by atoms with Crippen molar-refractivity contribution >= 4 is 69.5 Å². The maximum absolute atomic E-state index is 14.2. The molecule has 0 spiro atoms. The Balaban J connectivity index is 1.25. The van der Waals surface area contributed by atoms with Crippen LogP contribution in [0.2, 0.25) is 0 Å². The van der Waals surface area contributed by atoms with Crippen LogP contribution in [-0.4, -0.2) is 48.2 Å². The van der Waals surface area contributed by atoms with Crippen molar-refractivity contribution in [2.75, 3.05) is 24.3 Å². The molecule has 1 aliphatic rings. The topological polar surface area (TPSA) is 134 Å². The van der Waals surface area contributed by atoms with Gasteiger partial charge >= 0.3 is 5.97 Å². The van der Waals surface area contributed by atoms with E-state index >= 15 is 0 Å². The predicted molar refractivity (Wildman–Crippen MR) is 212 cm³/mol.